The molecule has 2 amide bonds. The zero-order chi connectivity index (χ0) is 16.2. The molecule has 0 spiro atoms. The third-order valence-electron chi connectivity index (χ3n) is 3.51. The maximum Gasteiger partial charge on any atom is 0.305 e. The molecule has 0 aliphatic carbocycles. The number of benzene rings is 2. The van der Waals surface area contributed by atoms with Gasteiger partial charge in [-0.3, -0.25) is 20.4 Å². The highest BCUT2D eigenvalue weighted by Crippen LogP contribution is 2.18. The van der Waals surface area contributed by atoms with Gasteiger partial charge < -0.3 is 4.42 Å². The summed E-state index contributed by atoms with van der Waals surface area (Å²) >= 11 is 0. The number of hydrogen-bond acceptors (Lipinski definition) is 3. The van der Waals surface area contributed by atoms with Crippen LogP contribution in [-0.2, 0) is 11.2 Å². The number of furan rings is 1. The summed E-state index contributed by atoms with van der Waals surface area (Å²) < 4.78 is 5.19. The van der Waals surface area contributed by atoms with Crippen LogP contribution in [0.3, 0.4) is 0 Å². The van der Waals surface area contributed by atoms with E-state index in [4.69, 9.17) is 4.42 Å². The summed E-state index contributed by atoms with van der Waals surface area (Å²) in [5.74, 6) is 0.0209. The van der Waals surface area contributed by atoms with Gasteiger partial charge in [0.1, 0.15) is 5.76 Å². The molecule has 3 rings (SSSR count). The third-order valence-corrected chi connectivity index (χ3v) is 3.51. The summed E-state index contributed by atoms with van der Waals surface area (Å²) in [5, 5.41) is 2.10. The Labute approximate surface area is 133 Å². The van der Waals surface area contributed by atoms with Gasteiger partial charge in [0.25, 0.3) is 0 Å². The maximum absolute atomic E-state index is 12.0. The van der Waals surface area contributed by atoms with Crippen molar-refractivity contribution >= 4 is 22.6 Å². The number of hydrogen-bond donors (Lipinski definition) is 2. The predicted octanol–water partition coefficient (Wildman–Crippen LogP) is 2.74. The molecule has 0 fully saturated rings. The Balaban J connectivity index is 1.64. The molecular weight excluding hydrogens is 292 g/mol. The van der Waals surface area contributed by atoms with Gasteiger partial charge in [0.2, 0.25) is 5.91 Å². The molecule has 0 unspecified atom stereocenters. The Morgan fingerprint density at radius 1 is 0.957 bits per heavy atom. The number of nitrogens with one attached hydrogen (secondary N) is 2. The van der Waals surface area contributed by atoms with E-state index >= 15 is 0 Å². The zero-order valence-corrected chi connectivity index (χ0v) is 12.6. The number of amides is 2. The second-order valence-electron chi connectivity index (χ2n) is 5.23. The SMILES string of the molecule is Cc1ccc(C(=O)NNC(=O)Cc2cccc3ccccc23)o1. The first-order valence-electron chi connectivity index (χ1n) is 7.26. The van der Waals surface area contributed by atoms with Gasteiger partial charge in [-0.25, -0.2) is 0 Å². The largest absolute Gasteiger partial charge is 0.456 e. The van der Waals surface area contributed by atoms with Gasteiger partial charge in [-0.05, 0) is 35.4 Å². The van der Waals surface area contributed by atoms with Crippen LogP contribution in [0, 0.1) is 6.92 Å². The standard InChI is InChI=1S/C18H16N2O3/c1-12-9-10-16(23-12)18(22)20-19-17(21)11-14-7-4-6-13-5-2-3-8-15(13)14/h2-10H,11H2,1H3,(H,19,21)(H,20,22). The lowest BCUT2D eigenvalue weighted by molar-refractivity contribution is -0.121. The molecule has 0 aliphatic heterocycles. The average molecular weight is 308 g/mol. The molecule has 2 aromatic carbocycles. The molecule has 0 radical (unpaired) electrons. The summed E-state index contributed by atoms with van der Waals surface area (Å²) in [7, 11) is 0. The molecule has 1 heterocycles. The van der Waals surface area contributed by atoms with E-state index in [2.05, 4.69) is 10.9 Å². The fourth-order valence-electron chi connectivity index (χ4n) is 2.41. The van der Waals surface area contributed by atoms with Gasteiger partial charge in [0.05, 0.1) is 6.42 Å². The van der Waals surface area contributed by atoms with E-state index < -0.39 is 5.91 Å². The van der Waals surface area contributed by atoms with Crippen molar-refractivity contribution in [3.05, 3.63) is 71.7 Å². The predicted molar refractivity (Wildman–Crippen MR) is 86.7 cm³/mol. The van der Waals surface area contributed by atoms with Crippen LogP contribution in [-0.4, -0.2) is 11.8 Å². The second kappa shape index (κ2) is 6.36. The first-order chi connectivity index (χ1) is 11.1. The molecule has 0 atom stereocenters. The molecule has 116 valence electrons. The first-order valence-corrected chi connectivity index (χ1v) is 7.26. The minimum atomic E-state index is -0.482. The smallest absolute Gasteiger partial charge is 0.305 e. The normalized spacial score (nSPS) is 10.5. The topological polar surface area (TPSA) is 71.3 Å². The van der Waals surface area contributed by atoms with Crippen molar-refractivity contribution in [2.45, 2.75) is 13.3 Å². The summed E-state index contributed by atoms with van der Waals surface area (Å²) in [6, 6.07) is 16.9. The molecule has 0 bridgehead atoms. The lowest BCUT2D eigenvalue weighted by Crippen LogP contribution is -2.42. The van der Waals surface area contributed by atoms with E-state index in [1.54, 1.807) is 19.1 Å². The summed E-state index contributed by atoms with van der Waals surface area (Å²) in [5.41, 5.74) is 5.66. The fourth-order valence-corrected chi connectivity index (χ4v) is 2.41. The number of aryl methyl sites for hydroxylation is 1. The minimum absolute atomic E-state index is 0.160. The Morgan fingerprint density at radius 2 is 1.74 bits per heavy atom. The molecule has 2 N–H and O–H groups in total. The van der Waals surface area contributed by atoms with Crippen LogP contribution in [0.5, 0.6) is 0 Å². The highest BCUT2D eigenvalue weighted by molar-refractivity contribution is 5.94. The van der Waals surface area contributed by atoms with E-state index in [1.165, 1.54) is 0 Å². The van der Waals surface area contributed by atoms with Crippen LogP contribution in [0.15, 0.2) is 59.0 Å². The van der Waals surface area contributed by atoms with Crippen LogP contribution in [0.25, 0.3) is 10.8 Å². The Morgan fingerprint density at radius 3 is 2.52 bits per heavy atom. The molecule has 0 aliphatic rings. The molecule has 5 heteroatoms. The van der Waals surface area contributed by atoms with Gasteiger partial charge in [-0.1, -0.05) is 42.5 Å². The molecular formula is C18H16N2O3. The number of carbonyl (C=O) groups excluding carboxylic acids is 2. The van der Waals surface area contributed by atoms with Crippen molar-refractivity contribution in [1.82, 2.24) is 10.9 Å². The molecule has 5 nitrogen and oxygen atoms in total. The van der Waals surface area contributed by atoms with Gasteiger partial charge in [0.15, 0.2) is 5.76 Å². The maximum atomic E-state index is 12.0. The van der Waals surface area contributed by atoms with Crippen molar-refractivity contribution in [2.24, 2.45) is 0 Å². The lowest BCUT2D eigenvalue weighted by atomic mass is 10.0. The van der Waals surface area contributed by atoms with E-state index in [-0.39, 0.29) is 18.1 Å². The number of rotatable bonds is 3. The van der Waals surface area contributed by atoms with Gasteiger partial charge >= 0.3 is 5.91 Å². The monoisotopic (exact) mass is 308 g/mol. The summed E-state index contributed by atoms with van der Waals surface area (Å²) in [6.45, 7) is 1.75. The van der Waals surface area contributed by atoms with Crippen LogP contribution in [0.1, 0.15) is 21.9 Å². The third kappa shape index (κ3) is 3.40. The van der Waals surface area contributed by atoms with Crippen LogP contribution in [0.4, 0.5) is 0 Å². The molecule has 0 saturated heterocycles. The van der Waals surface area contributed by atoms with E-state index in [1.807, 2.05) is 42.5 Å². The average Bonchev–Trinajstić information content (AvgIpc) is 2.99. The Kier molecular flexibility index (Phi) is 4.10. The molecule has 23 heavy (non-hydrogen) atoms. The van der Waals surface area contributed by atoms with Crippen molar-refractivity contribution in [2.75, 3.05) is 0 Å². The van der Waals surface area contributed by atoms with E-state index in [0.717, 1.165) is 16.3 Å². The van der Waals surface area contributed by atoms with E-state index in [0.29, 0.717) is 5.76 Å². The molecule has 0 saturated carbocycles. The number of hydrazine groups is 1. The highest BCUT2D eigenvalue weighted by atomic mass is 16.3. The second-order valence-corrected chi connectivity index (χ2v) is 5.23. The van der Waals surface area contributed by atoms with Crippen molar-refractivity contribution < 1.29 is 14.0 Å². The van der Waals surface area contributed by atoms with Gasteiger partial charge in [0, 0.05) is 0 Å². The Hall–Kier alpha value is -3.08. The zero-order valence-electron chi connectivity index (χ0n) is 12.6. The quantitative estimate of drug-likeness (QED) is 0.731. The van der Waals surface area contributed by atoms with Gasteiger partial charge in [-0.15, -0.1) is 0 Å². The van der Waals surface area contributed by atoms with Crippen molar-refractivity contribution in [3.8, 4) is 0 Å². The fraction of sp³-hybridized carbons (Fsp3) is 0.111. The molecule has 3 aromatic rings. The summed E-state index contributed by atoms with van der Waals surface area (Å²) in [6.07, 6.45) is 0.179. The van der Waals surface area contributed by atoms with Crippen LogP contribution < -0.4 is 10.9 Å². The highest BCUT2D eigenvalue weighted by Gasteiger charge is 2.12. The number of carbonyl (C=O) groups is 2. The summed E-state index contributed by atoms with van der Waals surface area (Å²) in [4.78, 5) is 23.8. The molecule has 1 aromatic heterocycles. The lowest BCUT2D eigenvalue weighted by Gasteiger charge is -2.08. The van der Waals surface area contributed by atoms with E-state index in [9.17, 15) is 9.59 Å². The van der Waals surface area contributed by atoms with Gasteiger partial charge in [-0.2, -0.15) is 0 Å². The Bertz CT molecular complexity index is 862. The van der Waals surface area contributed by atoms with Crippen LogP contribution >= 0.6 is 0 Å². The van der Waals surface area contributed by atoms with Crippen molar-refractivity contribution in [1.29, 1.82) is 0 Å². The van der Waals surface area contributed by atoms with Crippen molar-refractivity contribution in [3.63, 3.8) is 0 Å². The number of fused-ring (bicyclic) bond motifs is 1. The first kappa shape index (κ1) is 14.8. The van der Waals surface area contributed by atoms with Crippen LogP contribution in [0.2, 0.25) is 0 Å². The minimum Gasteiger partial charge on any atom is -0.456 e.